The number of imidazole rings is 1. The van der Waals surface area contributed by atoms with Crippen LogP contribution in [0.15, 0.2) is 24.4 Å². The van der Waals surface area contributed by atoms with Crippen LogP contribution in [0.2, 0.25) is 0 Å². The summed E-state index contributed by atoms with van der Waals surface area (Å²) in [5, 5.41) is 0. The number of benzene rings is 1. The molecule has 17 heavy (non-hydrogen) atoms. The third-order valence-electron chi connectivity index (χ3n) is 3.06. The highest BCUT2D eigenvalue weighted by Crippen LogP contribution is 2.41. The van der Waals surface area contributed by atoms with Crippen molar-refractivity contribution in [3.05, 3.63) is 41.9 Å². The second-order valence-electron chi connectivity index (χ2n) is 4.43. The first kappa shape index (κ1) is 10.4. The Hall–Kier alpha value is -1.75. The Bertz CT molecular complexity index is 573. The molecular weight excluding hydrogens is 224 g/mol. The number of aromatic amines is 1. The Balaban J connectivity index is 2.01. The minimum atomic E-state index is -0.609. The van der Waals surface area contributed by atoms with Crippen LogP contribution in [-0.4, -0.2) is 9.97 Å². The van der Waals surface area contributed by atoms with Gasteiger partial charge in [-0.3, -0.25) is 0 Å². The summed E-state index contributed by atoms with van der Waals surface area (Å²) in [6, 6.07) is 3.46. The molecule has 1 heterocycles. The molecule has 3 nitrogen and oxygen atoms in total. The molecule has 0 spiro atoms. The van der Waals surface area contributed by atoms with E-state index in [4.69, 9.17) is 5.73 Å². The smallest absolute Gasteiger partial charge is 0.135 e. The lowest BCUT2D eigenvalue weighted by Crippen LogP contribution is -2.20. The maximum Gasteiger partial charge on any atom is 0.135 e. The zero-order valence-electron chi connectivity index (χ0n) is 9.00. The number of halogens is 2. The van der Waals surface area contributed by atoms with Crippen LogP contribution in [0.5, 0.6) is 0 Å². The van der Waals surface area contributed by atoms with Crippen LogP contribution in [-0.2, 0) is 5.54 Å². The highest BCUT2D eigenvalue weighted by molar-refractivity contribution is 5.59. The van der Waals surface area contributed by atoms with Crippen molar-refractivity contribution in [1.29, 1.82) is 0 Å². The molecule has 0 saturated heterocycles. The van der Waals surface area contributed by atoms with Crippen LogP contribution in [0, 0.1) is 11.6 Å². The lowest BCUT2D eigenvalue weighted by molar-refractivity contribution is 0.585. The van der Waals surface area contributed by atoms with Gasteiger partial charge in [-0.15, -0.1) is 0 Å². The third-order valence-corrected chi connectivity index (χ3v) is 3.06. The van der Waals surface area contributed by atoms with Crippen molar-refractivity contribution < 1.29 is 8.78 Å². The topological polar surface area (TPSA) is 54.7 Å². The molecule has 88 valence electrons. The normalized spacial score (nSPS) is 17.1. The zero-order chi connectivity index (χ0) is 12.0. The Morgan fingerprint density at radius 2 is 2.06 bits per heavy atom. The molecule has 0 atom stereocenters. The van der Waals surface area contributed by atoms with Crippen LogP contribution in [0.25, 0.3) is 11.3 Å². The van der Waals surface area contributed by atoms with Gasteiger partial charge in [0.15, 0.2) is 0 Å². The summed E-state index contributed by atoms with van der Waals surface area (Å²) < 4.78 is 26.3. The monoisotopic (exact) mass is 235 g/mol. The third kappa shape index (κ3) is 1.72. The molecule has 1 saturated carbocycles. The van der Waals surface area contributed by atoms with E-state index in [2.05, 4.69) is 9.97 Å². The molecule has 3 rings (SSSR count). The molecule has 0 radical (unpaired) electrons. The quantitative estimate of drug-likeness (QED) is 0.839. The van der Waals surface area contributed by atoms with E-state index in [0.717, 1.165) is 18.9 Å². The van der Waals surface area contributed by atoms with Gasteiger partial charge in [-0.05, 0) is 25.0 Å². The first-order chi connectivity index (χ1) is 8.08. The summed E-state index contributed by atoms with van der Waals surface area (Å²) >= 11 is 0. The molecule has 0 unspecified atom stereocenters. The summed E-state index contributed by atoms with van der Waals surface area (Å²) in [6.07, 6.45) is 3.29. The zero-order valence-corrected chi connectivity index (χ0v) is 9.00. The maximum absolute atomic E-state index is 13.5. The minimum absolute atomic E-state index is 0.300. The Morgan fingerprint density at radius 3 is 2.71 bits per heavy atom. The van der Waals surface area contributed by atoms with Gasteiger partial charge >= 0.3 is 0 Å². The molecule has 1 aliphatic carbocycles. The van der Waals surface area contributed by atoms with E-state index in [1.807, 2.05) is 0 Å². The van der Waals surface area contributed by atoms with Crippen molar-refractivity contribution in [3.8, 4) is 11.3 Å². The number of hydrogen-bond acceptors (Lipinski definition) is 2. The summed E-state index contributed by atoms with van der Waals surface area (Å²) in [6.45, 7) is 0. The van der Waals surface area contributed by atoms with Gasteiger partial charge in [0.1, 0.15) is 17.5 Å². The van der Waals surface area contributed by atoms with E-state index < -0.39 is 11.6 Å². The van der Waals surface area contributed by atoms with Crippen molar-refractivity contribution in [1.82, 2.24) is 9.97 Å². The number of aromatic nitrogens is 2. The molecule has 1 fully saturated rings. The highest BCUT2D eigenvalue weighted by Gasteiger charge is 2.42. The van der Waals surface area contributed by atoms with E-state index in [9.17, 15) is 8.78 Å². The Kier molecular flexibility index (Phi) is 2.06. The van der Waals surface area contributed by atoms with E-state index in [-0.39, 0.29) is 5.54 Å². The predicted molar refractivity (Wildman–Crippen MR) is 59.0 cm³/mol. The van der Waals surface area contributed by atoms with E-state index in [1.165, 1.54) is 18.3 Å². The van der Waals surface area contributed by atoms with Gasteiger partial charge in [0.2, 0.25) is 0 Å². The molecule has 1 aliphatic rings. The van der Waals surface area contributed by atoms with Crippen molar-refractivity contribution in [3.63, 3.8) is 0 Å². The molecular formula is C12H11F2N3. The molecule has 0 bridgehead atoms. The van der Waals surface area contributed by atoms with E-state index in [0.29, 0.717) is 17.1 Å². The fraction of sp³-hybridized carbons (Fsp3) is 0.250. The van der Waals surface area contributed by atoms with Crippen molar-refractivity contribution in [2.24, 2.45) is 5.73 Å². The molecule has 3 N–H and O–H groups in total. The second-order valence-corrected chi connectivity index (χ2v) is 4.43. The van der Waals surface area contributed by atoms with Crippen LogP contribution < -0.4 is 5.73 Å². The Labute approximate surface area is 96.7 Å². The molecule has 2 aromatic rings. The maximum atomic E-state index is 13.5. The van der Waals surface area contributed by atoms with E-state index >= 15 is 0 Å². The first-order valence-corrected chi connectivity index (χ1v) is 5.38. The van der Waals surface area contributed by atoms with Crippen molar-refractivity contribution in [2.45, 2.75) is 18.4 Å². The lowest BCUT2D eigenvalue weighted by atomic mass is 10.1. The molecule has 5 heteroatoms. The molecule has 0 amide bonds. The molecule has 0 aliphatic heterocycles. The largest absolute Gasteiger partial charge is 0.340 e. The summed E-state index contributed by atoms with van der Waals surface area (Å²) in [4.78, 5) is 7.14. The van der Waals surface area contributed by atoms with Gasteiger partial charge in [0.05, 0.1) is 17.4 Å². The van der Waals surface area contributed by atoms with Crippen LogP contribution in [0.4, 0.5) is 8.78 Å². The van der Waals surface area contributed by atoms with Crippen molar-refractivity contribution in [2.75, 3.05) is 0 Å². The SMILES string of the molecule is NC1(c2ncc(-c3ccc(F)cc3F)[nH]2)CC1. The van der Waals surface area contributed by atoms with Crippen molar-refractivity contribution >= 4 is 0 Å². The Morgan fingerprint density at radius 1 is 1.29 bits per heavy atom. The highest BCUT2D eigenvalue weighted by atomic mass is 19.1. The van der Waals surface area contributed by atoms with Crippen LogP contribution >= 0.6 is 0 Å². The van der Waals surface area contributed by atoms with Gasteiger partial charge in [0, 0.05) is 11.6 Å². The second kappa shape index (κ2) is 3.37. The number of rotatable bonds is 2. The van der Waals surface area contributed by atoms with Crippen LogP contribution in [0.3, 0.4) is 0 Å². The lowest BCUT2D eigenvalue weighted by Gasteiger charge is -2.03. The average Bonchev–Trinajstić information content (AvgIpc) is 2.85. The van der Waals surface area contributed by atoms with Crippen LogP contribution in [0.1, 0.15) is 18.7 Å². The fourth-order valence-electron chi connectivity index (χ4n) is 1.79. The minimum Gasteiger partial charge on any atom is -0.340 e. The molecule has 1 aromatic carbocycles. The average molecular weight is 235 g/mol. The van der Waals surface area contributed by atoms with Gasteiger partial charge in [0.25, 0.3) is 0 Å². The van der Waals surface area contributed by atoms with Gasteiger partial charge < -0.3 is 10.7 Å². The van der Waals surface area contributed by atoms with Gasteiger partial charge in [-0.2, -0.15) is 0 Å². The number of hydrogen-bond donors (Lipinski definition) is 2. The fourth-order valence-corrected chi connectivity index (χ4v) is 1.79. The number of nitrogens with one attached hydrogen (secondary N) is 1. The first-order valence-electron chi connectivity index (χ1n) is 5.38. The summed E-state index contributed by atoms with van der Waals surface area (Å²) in [7, 11) is 0. The predicted octanol–water partition coefficient (Wildman–Crippen LogP) is 2.30. The number of H-pyrrole nitrogens is 1. The number of nitrogens with two attached hydrogens (primary N) is 1. The summed E-state index contributed by atoms with van der Waals surface area (Å²) in [5.74, 6) is -0.540. The van der Waals surface area contributed by atoms with Gasteiger partial charge in [-0.1, -0.05) is 0 Å². The number of nitrogens with zero attached hydrogens (tertiary/aromatic N) is 1. The summed E-state index contributed by atoms with van der Waals surface area (Å²) in [5.41, 5.74) is 6.42. The van der Waals surface area contributed by atoms with Gasteiger partial charge in [-0.25, -0.2) is 13.8 Å². The van der Waals surface area contributed by atoms with E-state index in [1.54, 1.807) is 0 Å². The molecule has 1 aromatic heterocycles. The standard InChI is InChI=1S/C12H11F2N3/c13-7-1-2-8(9(14)5-7)10-6-16-11(17-10)12(15)3-4-12/h1-2,5-6H,3-4,15H2,(H,16,17).